The fourth-order valence-corrected chi connectivity index (χ4v) is 5.91. The summed E-state index contributed by atoms with van der Waals surface area (Å²) in [5, 5.41) is 0. The molecule has 3 nitrogen and oxygen atoms in total. The third-order valence-electron chi connectivity index (χ3n) is 3.44. The molecule has 0 amide bonds. The maximum Gasteiger partial charge on any atom is 0.425 e. The molecule has 0 heterocycles. The lowest BCUT2D eigenvalue weighted by Gasteiger charge is -2.33. The number of hydrogen-bond acceptors (Lipinski definition) is 3. The van der Waals surface area contributed by atoms with Crippen LogP contribution in [-0.4, -0.2) is 28.0 Å². The minimum Gasteiger partial charge on any atom is -0.383 e. The van der Waals surface area contributed by atoms with Crippen molar-refractivity contribution in [1.82, 2.24) is 4.98 Å². The second kappa shape index (κ2) is 9.07. The quantitative estimate of drug-likeness (QED) is 0.615. The summed E-state index contributed by atoms with van der Waals surface area (Å²) in [4.78, 5) is 3.79. The molecule has 1 N–H and O–H groups in total. The average Bonchev–Trinajstić information content (AvgIpc) is 2.87. The van der Waals surface area contributed by atoms with Crippen LogP contribution in [0.5, 0.6) is 0 Å². The fraction of sp³-hybridized carbons (Fsp3) is 1.00. The molecule has 0 aromatic carbocycles. The molecule has 0 bridgehead atoms. The molecule has 1 aliphatic rings. The Kier molecular flexibility index (Phi) is 8.14. The summed E-state index contributed by atoms with van der Waals surface area (Å²) in [6, 6.07) is 1.71. The monoisotopic (exact) mass is 273 g/mol. The van der Waals surface area contributed by atoms with E-state index in [1.807, 2.05) is 0 Å². The van der Waals surface area contributed by atoms with Gasteiger partial charge < -0.3 is 8.85 Å². The van der Waals surface area contributed by atoms with Gasteiger partial charge in [0.15, 0.2) is 0 Å². The van der Waals surface area contributed by atoms with Gasteiger partial charge in [-0.15, -0.1) is 0 Å². The van der Waals surface area contributed by atoms with Crippen LogP contribution in [0.25, 0.3) is 0 Å². The molecule has 0 radical (unpaired) electrons. The van der Waals surface area contributed by atoms with Crippen LogP contribution in [0.15, 0.2) is 0 Å². The van der Waals surface area contributed by atoms with E-state index in [9.17, 15) is 0 Å². The molecule has 1 fully saturated rings. The highest BCUT2D eigenvalue weighted by Gasteiger charge is 2.40. The Labute approximate surface area is 114 Å². The largest absolute Gasteiger partial charge is 0.425 e. The van der Waals surface area contributed by atoms with E-state index >= 15 is 0 Å². The lowest BCUT2D eigenvalue weighted by Crippen LogP contribution is -2.59. The van der Waals surface area contributed by atoms with Crippen LogP contribution in [0.1, 0.15) is 65.7 Å². The fourth-order valence-electron chi connectivity index (χ4n) is 2.59. The predicted octanol–water partition coefficient (Wildman–Crippen LogP) is 3.72. The standard InChI is InChI=1S/C14H31NO2Si/c1-4-11-16-18(13-6-3,17-12-5-2)15-14-9-7-8-10-14/h14-15H,4-13H2,1-3H3. The Hall–Kier alpha value is 0.0969. The first kappa shape index (κ1) is 16.2. The van der Waals surface area contributed by atoms with Crippen LogP contribution in [0, 0.1) is 0 Å². The minimum atomic E-state index is -2.15. The summed E-state index contributed by atoms with van der Waals surface area (Å²) in [6.45, 7) is 8.22. The summed E-state index contributed by atoms with van der Waals surface area (Å²) in [5.74, 6) is 0. The zero-order valence-corrected chi connectivity index (χ0v) is 13.5. The van der Waals surface area contributed by atoms with E-state index in [2.05, 4.69) is 25.8 Å². The van der Waals surface area contributed by atoms with Crippen molar-refractivity contribution in [2.24, 2.45) is 0 Å². The Balaban J connectivity index is 2.59. The molecule has 1 aliphatic carbocycles. The third-order valence-corrected chi connectivity index (χ3v) is 6.78. The van der Waals surface area contributed by atoms with Crippen molar-refractivity contribution in [3.63, 3.8) is 0 Å². The first-order valence-corrected chi connectivity index (χ1v) is 9.84. The molecule has 0 aromatic rings. The van der Waals surface area contributed by atoms with E-state index in [0.29, 0.717) is 6.04 Å². The SMILES string of the molecule is CCCO[Si](CCC)(NC1CCCC1)OCCC. The van der Waals surface area contributed by atoms with Gasteiger partial charge in [-0.3, -0.25) is 4.98 Å². The van der Waals surface area contributed by atoms with Gasteiger partial charge >= 0.3 is 8.72 Å². The van der Waals surface area contributed by atoms with Gasteiger partial charge in [-0.05, 0) is 25.7 Å². The van der Waals surface area contributed by atoms with Gasteiger partial charge in [0.25, 0.3) is 0 Å². The number of nitrogens with one attached hydrogen (secondary N) is 1. The summed E-state index contributed by atoms with van der Waals surface area (Å²) in [7, 11) is -2.15. The van der Waals surface area contributed by atoms with Gasteiger partial charge in [-0.1, -0.05) is 40.0 Å². The van der Waals surface area contributed by atoms with Crippen LogP contribution in [0.3, 0.4) is 0 Å². The first-order chi connectivity index (χ1) is 8.76. The Morgan fingerprint density at radius 1 is 0.944 bits per heavy atom. The van der Waals surface area contributed by atoms with Gasteiger partial charge in [-0.25, -0.2) is 0 Å². The van der Waals surface area contributed by atoms with E-state index in [1.165, 1.54) is 25.7 Å². The summed E-state index contributed by atoms with van der Waals surface area (Å²) < 4.78 is 12.4. The molecular formula is C14H31NO2Si. The van der Waals surface area contributed by atoms with Crippen LogP contribution in [-0.2, 0) is 8.85 Å². The van der Waals surface area contributed by atoms with Crippen molar-refractivity contribution in [3.8, 4) is 0 Å². The summed E-state index contributed by atoms with van der Waals surface area (Å²) >= 11 is 0. The molecule has 0 spiro atoms. The van der Waals surface area contributed by atoms with Crippen molar-refractivity contribution in [3.05, 3.63) is 0 Å². The molecule has 0 unspecified atom stereocenters. The van der Waals surface area contributed by atoms with Gasteiger partial charge in [0.05, 0.1) is 0 Å². The zero-order valence-electron chi connectivity index (χ0n) is 12.5. The van der Waals surface area contributed by atoms with E-state index in [-0.39, 0.29) is 0 Å². The topological polar surface area (TPSA) is 30.5 Å². The van der Waals surface area contributed by atoms with Crippen LogP contribution in [0.4, 0.5) is 0 Å². The van der Waals surface area contributed by atoms with Gasteiger partial charge in [0.1, 0.15) is 0 Å². The molecular weight excluding hydrogens is 242 g/mol. The lowest BCUT2D eigenvalue weighted by atomic mass is 10.3. The number of rotatable bonds is 10. The van der Waals surface area contributed by atoms with E-state index in [4.69, 9.17) is 8.85 Å². The van der Waals surface area contributed by atoms with E-state index < -0.39 is 8.72 Å². The lowest BCUT2D eigenvalue weighted by molar-refractivity contribution is 0.151. The smallest absolute Gasteiger partial charge is 0.383 e. The highest BCUT2D eigenvalue weighted by atomic mass is 28.4. The second-order valence-electron chi connectivity index (χ2n) is 5.33. The van der Waals surface area contributed by atoms with E-state index in [0.717, 1.165) is 38.5 Å². The maximum atomic E-state index is 6.19. The Morgan fingerprint density at radius 2 is 1.50 bits per heavy atom. The van der Waals surface area contributed by atoms with Gasteiger partial charge in [-0.2, -0.15) is 0 Å². The van der Waals surface area contributed by atoms with Crippen LogP contribution < -0.4 is 4.98 Å². The van der Waals surface area contributed by atoms with Crippen LogP contribution in [0.2, 0.25) is 6.04 Å². The first-order valence-electron chi connectivity index (χ1n) is 7.82. The maximum absolute atomic E-state index is 6.19. The summed E-state index contributed by atoms with van der Waals surface area (Å²) in [6.07, 6.45) is 8.58. The minimum absolute atomic E-state index is 0.636. The van der Waals surface area contributed by atoms with Crippen molar-refractivity contribution in [1.29, 1.82) is 0 Å². The molecule has 1 saturated carbocycles. The Morgan fingerprint density at radius 3 is 1.94 bits per heavy atom. The molecule has 0 aliphatic heterocycles. The molecule has 18 heavy (non-hydrogen) atoms. The van der Waals surface area contributed by atoms with Crippen LogP contribution >= 0.6 is 0 Å². The predicted molar refractivity (Wildman–Crippen MR) is 78.7 cm³/mol. The van der Waals surface area contributed by atoms with Crippen molar-refractivity contribution in [2.75, 3.05) is 13.2 Å². The highest BCUT2D eigenvalue weighted by molar-refractivity contribution is 6.64. The molecule has 0 aromatic heterocycles. The third kappa shape index (κ3) is 5.39. The number of hydrogen-bond donors (Lipinski definition) is 1. The average molecular weight is 273 g/mol. The van der Waals surface area contributed by atoms with E-state index in [1.54, 1.807) is 0 Å². The van der Waals surface area contributed by atoms with Crippen molar-refractivity contribution < 1.29 is 8.85 Å². The van der Waals surface area contributed by atoms with Crippen molar-refractivity contribution in [2.45, 2.75) is 77.8 Å². The second-order valence-corrected chi connectivity index (χ2v) is 8.20. The Bertz CT molecular complexity index is 200. The highest BCUT2D eigenvalue weighted by Crippen LogP contribution is 2.23. The summed E-state index contributed by atoms with van der Waals surface area (Å²) in [5.41, 5.74) is 0. The normalized spacial score (nSPS) is 17.5. The van der Waals surface area contributed by atoms with Gasteiger partial charge in [0.2, 0.25) is 0 Å². The zero-order chi connectivity index (χ0) is 13.3. The molecule has 1 rings (SSSR count). The van der Waals surface area contributed by atoms with Gasteiger partial charge in [0, 0.05) is 25.3 Å². The molecule has 0 saturated heterocycles. The van der Waals surface area contributed by atoms with Crippen molar-refractivity contribution >= 4 is 8.72 Å². The molecule has 108 valence electrons. The molecule has 0 atom stereocenters. The molecule has 4 heteroatoms.